The lowest BCUT2D eigenvalue weighted by Gasteiger charge is -2.36. The van der Waals surface area contributed by atoms with Crippen LogP contribution in [-0.2, 0) is 16.9 Å². The Bertz CT molecular complexity index is 1530. The summed E-state index contributed by atoms with van der Waals surface area (Å²) in [5, 5.41) is 0. The Hall–Kier alpha value is -4.76. The summed E-state index contributed by atoms with van der Waals surface area (Å²) in [6.45, 7) is 1.14. The van der Waals surface area contributed by atoms with Gasteiger partial charge in [-0.3, -0.25) is 0 Å². The molecule has 0 bridgehead atoms. The number of aliphatic imine (C=N–C) groups is 1. The Morgan fingerprint density at radius 2 is 1.41 bits per heavy atom. The minimum absolute atomic E-state index is 0.476. The molecule has 3 aromatic carbocycles. The summed E-state index contributed by atoms with van der Waals surface area (Å²) in [6.07, 6.45) is 5.74. The molecule has 9 heteroatoms. The van der Waals surface area contributed by atoms with Crippen LogP contribution in [0.1, 0.15) is 23.1 Å². The van der Waals surface area contributed by atoms with Crippen molar-refractivity contribution < 1.29 is 14.2 Å². The number of imidazole rings is 1. The van der Waals surface area contributed by atoms with Crippen molar-refractivity contribution in [2.24, 2.45) is 4.99 Å². The van der Waals surface area contributed by atoms with Gasteiger partial charge >= 0.3 is 0 Å². The Balaban J connectivity index is 1.46. The van der Waals surface area contributed by atoms with Gasteiger partial charge in [0.05, 0.1) is 33.5 Å². The zero-order valence-corrected chi connectivity index (χ0v) is 23.8. The first-order valence-electron chi connectivity index (χ1n) is 13.4. The third-order valence-electron chi connectivity index (χ3n) is 6.83. The Kier molecular flexibility index (Phi) is 8.55. The van der Waals surface area contributed by atoms with Crippen molar-refractivity contribution in [1.82, 2.24) is 24.4 Å². The summed E-state index contributed by atoms with van der Waals surface area (Å²) in [5.74, 6) is 2.11. The lowest BCUT2D eigenvalue weighted by atomic mass is 9.80. The van der Waals surface area contributed by atoms with Crippen molar-refractivity contribution in [2.45, 2.75) is 18.6 Å². The second kappa shape index (κ2) is 12.6. The van der Waals surface area contributed by atoms with Crippen LogP contribution in [-0.4, -0.2) is 65.7 Å². The summed E-state index contributed by atoms with van der Waals surface area (Å²) in [7, 11) is 7.16. The van der Waals surface area contributed by atoms with Gasteiger partial charge in [-0.1, -0.05) is 54.6 Å². The highest BCUT2D eigenvalue weighted by Gasteiger charge is 2.37. The fraction of sp³-hybridized carbons (Fsp3) is 0.250. The fourth-order valence-electron chi connectivity index (χ4n) is 4.83. The van der Waals surface area contributed by atoms with E-state index in [9.17, 15) is 0 Å². The molecular weight excluding hydrogens is 516 g/mol. The Labute approximate surface area is 240 Å². The molecule has 0 saturated heterocycles. The van der Waals surface area contributed by atoms with Gasteiger partial charge in [0.15, 0.2) is 17.0 Å². The lowest BCUT2D eigenvalue weighted by Crippen LogP contribution is -2.33. The van der Waals surface area contributed by atoms with Gasteiger partial charge < -0.3 is 23.7 Å². The number of nitrogens with zero attached hydrogens (tertiary/aromatic N) is 6. The molecule has 0 aliphatic heterocycles. The molecule has 0 saturated carbocycles. The summed E-state index contributed by atoms with van der Waals surface area (Å²) in [5.41, 5.74) is 3.58. The minimum atomic E-state index is -0.854. The SMILES string of the molecule is COc1ccc(C(OCCCn2cnc3c(N=CN(C)C)ncnc32)(c2ccccc2)c2ccc(OC)cc2)cc1. The molecule has 0 atom stereocenters. The van der Waals surface area contributed by atoms with E-state index in [4.69, 9.17) is 14.2 Å². The van der Waals surface area contributed by atoms with Gasteiger partial charge in [0.2, 0.25) is 0 Å². The topological polar surface area (TPSA) is 86.9 Å². The van der Waals surface area contributed by atoms with Crippen LogP contribution in [0, 0.1) is 0 Å². The predicted octanol–water partition coefficient (Wildman–Crippen LogP) is 5.46. The van der Waals surface area contributed by atoms with Crippen molar-refractivity contribution in [3.05, 3.63) is 108 Å². The first kappa shape index (κ1) is 27.8. The maximum atomic E-state index is 6.96. The van der Waals surface area contributed by atoms with Crippen LogP contribution in [0.25, 0.3) is 11.2 Å². The molecule has 41 heavy (non-hydrogen) atoms. The van der Waals surface area contributed by atoms with Crippen molar-refractivity contribution in [2.75, 3.05) is 34.9 Å². The normalized spacial score (nSPS) is 11.7. The van der Waals surface area contributed by atoms with Gasteiger partial charge in [0.1, 0.15) is 23.4 Å². The van der Waals surface area contributed by atoms with Crippen LogP contribution in [0.5, 0.6) is 11.5 Å². The third kappa shape index (κ3) is 5.90. The highest BCUT2D eigenvalue weighted by Crippen LogP contribution is 2.41. The molecule has 0 spiro atoms. The Morgan fingerprint density at radius 3 is 2.00 bits per heavy atom. The van der Waals surface area contributed by atoms with Crippen LogP contribution >= 0.6 is 0 Å². The van der Waals surface area contributed by atoms with E-state index in [1.165, 1.54) is 6.33 Å². The molecule has 9 nitrogen and oxygen atoms in total. The van der Waals surface area contributed by atoms with Gasteiger partial charge in [0, 0.05) is 20.6 Å². The minimum Gasteiger partial charge on any atom is -0.497 e. The van der Waals surface area contributed by atoms with Crippen molar-refractivity contribution in [3.8, 4) is 11.5 Å². The van der Waals surface area contributed by atoms with E-state index in [0.717, 1.165) is 40.3 Å². The number of methoxy groups -OCH3 is 2. The maximum Gasteiger partial charge on any atom is 0.184 e. The largest absolute Gasteiger partial charge is 0.497 e. The molecule has 0 N–H and O–H groups in total. The molecule has 210 valence electrons. The molecule has 2 aromatic heterocycles. The molecular formula is C32H34N6O3. The Morgan fingerprint density at radius 1 is 0.805 bits per heavy atom. The number of fused-ring (bicyclic) bond motifs is 1. The van der Waals surface area contributed by atoms with Crippen molar-refractivity contribution >= 4 is 23.3 Å². The van der Waals surface area contributed by atoms with E-state index in [1.54, 1.807) is 26.9 Å². The molecule has 5 rings (SSSR count). The zero-order valence-electron chi connectivity index (χ0n) is 23.8. The third-order valence-corrected chi connectivity index (χ3v) is 6.83. The summed E-state index contributed by atoms with van der Waals surface area (Å²) in [4.78, 5) is 19.6. The van der Waals surface area contributed by atoms with Gasteiger partial charge in [-0.05, 0) is 47.4 Å². The monoisotopic (exact) mass is 550 g/mol. The van der Waals surface area contributed by atoms with Crippen molar-refractivity contribution in [1.29, 1.82) is 0 Å². The van der Waals surface area contributed by atoms with E-state index in [0.29, 0.717) is 24.5 Å². The van der Waals surface area contributed by atoms with Gasteiger partial charge in [0.25, 0.3) is 0 Å². The van der Waals surface area contributed by atoms with Gasteiger partial charge in [-0.25, -0.2) is 19.9 Å². The number of hydrogen-bond donors (Lipinski definition) is 0. The maximum absolute atomic E-state index is 6.96. The fourth-order valence-corrected chi connectivity index (χ4v) is 4.83. The summed E-state index contributed by atoms with van der Waals surface area (Å²) in [6, 6.07) is 26.4. The van der Waals surface area contributed by atoms with E-state index in [1.807, 2.05) is 66.0 Å². The second-order valence-electron chi connectivity index (χ2n) is 9.72. The molecule has 0 aliphatic carbocycles. The van der Waals surface area contributed by atoms with Crippen LogP contribution < -0.4 is 9.47 Å². The van der Waals surface area contributed by atoms with Crippen LogP contribution in [0.4, 0.5) is 5.82 Å². The smallest absolute Gasteiger partial charge is 0.184 e. The molecule has 0 fully saturated rings. The number of benzene rings is 3. The molecule has 5 aromatic rings. The van der Waals surface area contributed by atoms with E-state index < -0.39 is 5.60 Å². The highest BCUT2D eigenvalue weighted by molar-refractivity contribution is 5.82. The molecule has 0 radical (unpaired) electrons. The molecule has 0 unspecified atom stereocenters. The van der Waals surface area contributed by atoms with E-state index in [-0.39, 0.29) is 0 Å². The van der Waals surface area contributed by atoms with Gasteiger partial charge in [-0.2, -0.15) is 0 Å². The van der Waals surface area contributed by atoms with Crippen LogP contribution in [0.3, 0.4) is 0 Å². The first-order valence-corrected chi connectivity index (χ1v) is 13.4. The van der Waals surface area contributed by atoms with Gasteiger partial charge in [-0.15, -0.1) is 0 Å². The second-order valence-corrected chi connectivity index (χ2v) is 9.72. The summed E-state index contributed by atoms with van der Waals surface area (Å²) >= 11 is 0. The number of ether oxygens (including phenoxy) is 3. The zero-order chi connectivity index (χ0) is 28.7. The molecule has 2 heterocycles. The average molecular weight is 551 g/mol. The summed E-state index contributed by atoms with van der Waals surface area (Å²) < 4.78 is 19.9. The number of rotatable bonds is 12. The molecule has 0 amide bonds. The first-order chi connectivity index (χ1) is 20.0. The van der Waals surface area contributed by atoms with E-state index >= 15 is 0 Å². The standard InChI is InChI=1S/C32H34N6O3/c1-37(2)22-36-30-29-31(34-21-33-30)38(23-35-29)19-8-20-41-32(24-9-6-5-7-10-24,25-11-15-27(39-3)16-12-25)26-13-17-28(40-4)18-14-26/h5-7,9-18,21-23H,8,19-20H2,1-4H3. The highest BCUT2D eigenvalue weighted by atomic mass is 16.5. The number of aromatic nitrogens is 4. The predicted molar refractivity (Wildman–Crippen MR) is 160 cm³/mol. The van der Waals surface area contributed by atoms with Crippen LogP contribution in [0.2, 0.25) is 0 Å². The van der Waals surface area contributed by atoms with Crippen molar-refractivity contribution in [3.63, 3.8) is 0 Å². The van der Waals surface area contributed by atoms with E-state index in [2.05, 4.69) is 56.3 Å². The molecule has 0 aliphatic rings. The quantitative estimate of drug-likeness (QED) is 0.0882. The number of aryl methyl sites for hydroxylation is 1. The number of hydrogen-bond acceptors (Lipinski definition) is 7. The average Bonchev–Trinajstić information content (AvgIpc) is 3.44. The lowest BCUT2D eigenvalue weighted by molar-refractivity contribution is 0.0101. The van der Waals surface area contributed by atoms with Crippen LogP contribution in [0.15, 0.2) is 96.5 Å².